The number of aromatic nitrogens is 1. The van der Waals surface area contributed by atoms with Crippen molar-refractivity contribution in [2.24, 2.45) is 0 Å². The predicted octanol–water partition coefficient (Wildman–Crippen LogP) is 5.23. The second-order valence-electron chi connectivity index (χ2n) is 5.42. The molecule has 0 amide bonds. The summed E-state index contributed by atoms with van der Waals surface area (Å²) in [5.41, 5.74) is 1.50. The van der Waals surface area contributed by atoms with Gasteiger partial charge in [0.15, 0.2) is 0 Å². The number of hydrogen-bond donors (Lipinski definition) is 1. The SMILES string of the molecule is [3H]c1c(CCCCCCCCC)nc2ccccc2c1O. The van der Waals surface area contributed by atoms with E-state index in [9.17, 15) is 5.11 Å². The maximum atomic E-state index is 10.1. The maximum absolute atomic E-state index is 10.1. The minimum Gasteiger partial charge on any atom is -0.507 e. The van der Waals surface area contributed by atoms with E-state index in [2.05, 4.69) is 11.9 Å². The molecule has 2 heteroatoms. The Morgan fingerprint density at radius 1 is 1.05 bits per heavy atom. The van der Waals surface area contributed by atoms with E-state index in [1.54, 1.807) is 0 Å². The van der Waals surface area contributed by atoms with Crippen molar-refractivity contribution >= 4 is 10.9 Å². The minimum atomic E-state index is 0.0681. The van der Waals surface area contributed by atoms with Gasteiger partial charge in [-0.2, -0.15) is 0 Å². The van der Waals surface area contributed by atoms with E-state index < -0.39 is 0 Å². The van der Waals surface area contributed by atoms with Crippen LogP contribution in [0.5, 0.6) is 5.75 Å². The van der Waals surface area contributed by atoms with Crippen molar-refractivity contribution in [1.82, 2.24) is 4.98 Å². The molecule has 0 radical (unpaired) electrons. The lowest BCUT2D eigenvalue weighted by Gasteiger charge is -2.05. The Balaban J connectivity index is 1.91. The number of nitrogens with zero attached hydrogens (tertiary/aromatic N) is 1. The van der Waals surface area contributed by atoms with Crippen LogP contribution in [0.3, 0.4) is 0 Å². The monoisotopic (exact) mass is 273 g/mol. The summed E-state index contributed by atoms with van der Waals surface area (Å²) < 4.78 is 8.04. The van der Waals surface area contributed by atoms with Crippen LogP contribution in [0.2, 0.25) is 0 Å². The summed E-state index contributed by atoms with van der Waals surface area (Å²) in [5.74, 6) is 0.0681. The van der Waals surface area contributed by atoms with Crippen molar-refractivity contribution in [2.45, 2.75) is 58.3 Å². The van der Waals surface area contributed by atoms with Gasteiger partial charge < -0.3 is 5.11 Å². The number of unbranched alkanes of at least 4 members (excludes halogenated alkanes) is 6. The Morgan fingerprint density at radius 2 is 1.75 bits per heavy atom. The number of pyridine rings is 1. The van der Waals surface area contributed by atoms with Crippen LogP contribution in [0.4, 0.5) is 0 Å². The number of aromatic hydroxyl groups is 1. The zero-order valence-electron chi connectivity index (χ0n) is 13.4. The quantitative estimate of drug-likeness (QED) is 0.668. The van der Waals surface area contributed by atoms with Crippen LogP contribution in [-0.4, -0.2) is 10.1 Å². The number of rotatable bonds is 8. The fraction of sp³-hybridized carbons (Fsp3) is 0.500. The molecule has 0 spiro atoms. The first-order valence-electron chi connectivity index (χ1n) is 8.31. The molecule has 0 saturated carbocycles. The molecule has 2 nitrogen and oxygen atoms in total. The first kappa shape index (κ1) is 13.4. The van der Waals surface area contributed by atoms with Crippen molar-refractivity contribution in [3.63, 3.8) is 0 Å². The molecular weight excluding hydrogens is 246 g/mol. The van der Waals surface area contributed by atoms with E-state index in [-0.39, 0.29) is 11.8 Å². The number of para-hydroxylation sites is 1. The minimum absolute atomic E-state index is 0.0681. The Kier molecular flexibility index (Phi) is 5.29. The van der Waals surface area contributed by atoms with Crippen LogP contribution >= 0.6 is 0 Å². The van der Waals surface area contributed by atoms with Gasteiger partial charge in [-0.05, 0) is 25.0 Å². The van der Waals surface area contributed by atoms with Gasteiger partial charge in [0, 0.05) is 17.1 Å². The molecule has 1 N–H and O–H groups in total. The van der Waals surface area contributed by atoms with Gasteiger partial charge in [-0.15, -0.1) is 0 Å². The average Bonchev–Trinajstić information content (AvgIpc) is 2.51. The molecule has 1 heterocycles. The molecule has 0 aliphatic carbocycles. The van der Waals surface area contributed by atoms with Crippen molar-refractivity contribution < 1.29 is 6.48 Å². The van der Waals surface area contributed by atoms with E-state index in [4.69, 9.17) is 1.37 Å². The second-order valence-corrected chi connectivity index (χ2v) is 5.42. The van der Waals surface area contributed by atoms with Crippen LogP contribution in [0.25, 0.3) is 10.9 Å². The Bertz CT molecular complexity index is 583. The molecular formula is C18H25NO. The van der Waals surface area contributed by atoms with E-state index in [0.29, 0.717) is 5.39 Å². The van der Waals surface area contributed by atoms with Crippen LogP contribution < -0.4 is 0 Å². The summed E-state index contributed by atoms with van der Waals surface area (Å²) >= 11 is 0. The van der Waals surface area contributed by atoms with Crippen LogP contribution in [0, 0.1) is 0 Å². The molecule has 108 valence electrons. The van der Waals surface area contributed by atoms with E-state index >= 15 is 0 Å². The highest BCUT2D eigenvalue weighted by Gasteiger charge is 2.04. The molecule has 20 heavy (non-hydrogen) atoms. The molecule has 0 saturated heterocycles. The molecule has 0 bridgehead atoms. The predicted molar refractivity (Wildman–Crippen MR) is 85.1 cm³/mol. The van der Waals surface area contributed by atoms with Crippen molar-refractivity contribution in [3.8, 4) is 5.75 Å². The van der Waals surface area contributed by atoms with Crippen molar-refractivity contribution in [3.05, 3.63) is 36.0 Å². The van der Waals surface area contributed by atoms with Crippen LogP contribution in [-0.2, 0) is 6.42 Å². The number of benzene rings is 1. The van der Waals surface area contributed by atoms with E-state index in [1.165, 1.54) is 38.5 Å². The lowest BCUT2D eigenvalue weighted by atomic mass is 10.1. The van der Waals surface area contributed by atoms with Gasteiger partial charge >= 0.3 is 0 Å². The van der Waals surface area contributed by atoms with Gasteiger partial charge in [0.2, 0.25) is 0 Å². The lowest BCUT2D eigenvalue weighted by molar-refractivity contribution is 0.480. The summed E-state index contributed by atoms with van der Waals surface area (Å²) in [6.45, 7) is 2.23. The summed E-state index contributed by atoms with van der Waals surface area (Å²) in [6, 6.07) is 7.67. The van der Waals surface area contributed by atoms with Crippen molar-refractivity contribution in [2.75, 3.05) is 0 Å². The van der Waals surface area contributed by atoms with Gasteiger partial charge in [-0.1, -0.05) is 57.6 Å². The highest BCUT2D eigenvalue weighted by molar-refractivity contribution is 5.84. The van der Waals surface area contributed by atoms with Gasteiger partial charge in [0.1, 0.15) is 5.75 Å². The standard InChI is InChI=1S/C18H25NO/c1-2-3-4-5-6-7-8-11-15-14-18(20)16-12-9-10-13-17(16)19-15/h9-10,12-14H,2-8,11H2,1H3,(H,19,20)/i14T. The molecule has 0 aliphatic heterocycles. The van der Waals surface area contributed by atoms with Crippen molar-refractivity contribution in [1.29, 1.82) is 0 Å². The third-order valence-electron chi connectivity index (χ3n) is 3.69. The van der Waals surface area contributed by atoms with Gasteiger partial charge in [0.05, 0.1) is 6.89 Å². The average molecular weight is 273 g/mol. The molecule has 0 unspecified atom stereocenters. The highest BCUT2D eigenvalue weighted by Crippen LogP contribution is 2.24. The molecule has 0 atom stereocenters. The summed E-state index contributed by atoms with van der Waals surface area (Å²) in [6.07, 6.45) is 9.51. The van der Waals surface area contributed by atoms with Gasteiger partial charge in [0.25, 0.3) is 0 Å². The highest BCUT2D eigenvalue weighted by atomic mass is 16.3. The largest absolute Gasteiger partial charge is 0.507 e. The third-order valence-corrected chi connectivity index (χ3v) is 3.69. The maximum Gasteiger partial charge on any atom is 0.126 e. The third kappa shape index (κ3) is 4.22. The topological polar surface area (TPSA) is 33.1 Å². The Hall–Kier alpha value is -1.57. The van der Waals surface area contributed by atoms with E-state index in [0.717, 1.165) is 24.1 Å². The fourth-order valence-electron chi connectivity index (χ4n) is 2.52. The smallest absolute Gasteiger partial charge is 0.126 e. The van der Waals surface area contributed by atoms with Gasteiger partial charge in [-0.3, -0.25) is 4.98 Å². The Labute approximate surface area is 123 Å². The summed E-state index contributed by atoms with van der Waals surface area (Å²) in [4.78, 5) is 4.54. The molecule has 2 rings (SSSR count). The normalized spacial score (nSPS) is 11.8. The lowest BCUT2D eigenvalue weighted by Crippen LogP contribution is -1.92. The number of aryl methyl sites for hydroxylation is 1. The van der Waals surface area contributed by atoms with E-state index in [1.807, 2.05) is 24.3 Å². The molecule has 1 aromatic carbocycles. The zero-order valence-corrected chi connectivity index (χ0v) is 12.4. The first-order valence-corrected chi connectivity index (χ1v) is 7.81. The number of fused-ring (bicyclic) bond motifs is 1. The first-order chi connectivity index (χ1) is 10.2. The van der Waals surface area contributed by atoms with Crippen LogP contribution in [0.15, 0.2) is 30.3 Å². The Morgan fingerprint density at radius 3 is 2.55 bits per heavy atom. The molecule has 1 aromatic heterocycles. The summed E-state index contributed by atoms with van der Waals surface area (Å²) in [7, 11) is 0. The molecule has 2 aromatic rings. The fourth-order valence-corrected chi connectivity index (χ4v) is 2.52. The van der Waals surface area contributed by atoms with Gasteiger partial charge in [-0.25, -0.2) is 0 Å². The molecule has 0 fully saturated rings. The second kappa shape index (κ2) is 7.88. The molecule has 0 aliphatic rings. The van der Waals surface area contributed by atoms with Crippen LogP contribution in [0.1, 0.15) is 58.9 Å². The zero-order chi connectivity index (χ0) is 15.1. The number of hydrogen-bond acceptors (Lipinski definition) is 2. The summed E-state index contributed by atoms with van der Waals surface area (Å²) in [5, 5.41) is 10.8.